The van der Waals surface area contributed by atoms with Crippen molar-refractivity contribution in [3.8, 4) is 28.7 Å². The van der Waals surface area contributed by atoms with Crippen LogP contribution in [0.3, 0.4) is 0 Å². The average Bonchev–Trinajstić information content (AvgIpc) is 3.30. The molecule has 2 aliphatic rings. The number of hydrogen-bond acceptors (Lipinski definition) is 7. The fourth-order valence-electron chi connectivity index (χ4n) is 3.48. The van der Waals surface area contributed by atoms with Crippen molar-refractivity contribution >= 4 is 16.8 Å². The number of ketones is 1. The third kappa shape index (κ3) is 1.97. The van der Waals surface area contributed by atoms with Gasteiger partial charge >= 0.3 is 0 Å². The second-order valence-corrected chi connectivity index (χ2v) is 6.11. The van der Waals surface area contributed by atoms with Gasteiger partial charge in [0, 0.05) is 17.5 Å². The second-order valence-electron chi connectivity index (χ2n) is 6.11. The van der Waals surface area contributed by atoms with Gasteiger partial charge in [-0.3, -0.25) is 4.79 Å². The molecule has 0 fully saturated rings. The largest absolute Gasteiger partial charge is 0.504 e. The number of carbonyl (C=O) groups excluding carboxylic acids is 1. The number of aromatic hydroxyl groups is 1. The van der Waals surface area contributed by atoms with Gasteiger partial charge in [0.15, 0.2) is 17.3 Å². The lowest BCUT2D eigenvalue weighted by atomic mass is 9.87. The number of rotatable bonds is 2. The number of methoxy groups -OCH3 is 1. The van der Waals surface area contributed by atoms with Crippen molar-refractivity contribution in [1.29, 1.82) is 0 Å². The third-order valence-electron chi connectivity index (χ3n) is 4.75. The van der Waals surface area contributed by atoms with Crippen molar-refractivity contribution in [3.63, 3.8) is 0 Å². The zero-order valence-electron chi connectivity index (χ0n) is 13.8. The molecule has 0 unspecified atom stereocenters. The van der Waals surface area contributed by atoms with Crippen LogP contribution in [-0.4, -0.2) is 31.4 Å². The Kier molecular flexibility index (Phi) is 3.06. The van der Waals surface area contributed by atoms with E-state index in [-0.39, 0.29) is 30.7 Å². The van der Waals surface area contributed by atoms with Crippen molar-refractivity contribution in [2.24, 2.45) is 0 Å². The van der Waals surface area contributed by atoms with E-state index in [4.69, 9.17) is 23.4 Å². The number of phenols is 1. The molecule has 1 atom stereocenters. The Morgan fingerprint density at radius 2 is 2.04 bits per heavy atom. The molecule has 3 heterocycles. The van der Waals surface area contributed by atoms with E-state index in [2.05, 4.69) is 0 Å². The van der Waals surface area contributed by atoms with Crippen molar-refractivity contribution < 1.29 is 33.3 Å². The predicted octanol–water partition coefficient (Wildman–Crippen LogP) is 3.23. The molecule has 132 valence electrons. The van der Waals surface area contributed by atoms with E-state index in [1.54, 1.807) is 30.5 Å². The molecule has 7 nitrogen and oxygen atoms in total. The van der Waals surface area contributed by atoms with Gasteiger partial charge < -0.3 is 28.5 Å². The van der Waals surface area contributed by atoms with Crippen molar-refractivity contribution in [1.82, 2.24) is 0 Å². The summed E-state index contributed by atoms with van der Waals surface area (Å²) in [6, 6.07) is 6.83. The van der Waals surface area contributed by atoms with Gasteiger partial charge in [-0.05, 0) is 12.1 Å². The Morgan fingerprint density at radius 3 is 2.88 bits per heavy atom. The quantitative estimate of drug-likeness (QED) is 0.756. The maximum atomic E-state index is 13.2. The molecule has 0 saturated carbocycles. The fourth-order valence-corrected chi connectivity index (χ4v) is 3.48. The van der Waals surface area contributed by atoms with Crippen LogP contribution in [0.2, 0.25) is 0 Å². The van der Waals surface area contributed by atoms with Crippen LogP contribution in [0.4, 0.5) is 0 Å². The number of Topliss-reactive ketones (excluding diaryl/α,β-unsaturated/α-hetero) is 1. The molecule has 3 aromatic rings. The lowest BCUT2D eigenvalue weighted by Crippen LogP contribution is -2.26. The number of hydrogen-bond donors (Lipinski definition) is 1. The van der Waals surface area contributed by atoms with Crippen LogP contribution in [0.1, 0.15) is 21.8 Å². The standard InChI is InChI=1S/C19H14O7/c1-22-14-6-15-19(26-8-25-15)18(21)16(14)11-7-24-13-5-12-9(2-3-23-12)4-10(13)17(11)20/h2-6,11,21H,7-8H2,1H3/t11-/m1/s1. The molecule has 0 spiro atoms. The summed E-state index contributed by atoms with van der Waals surface area (Å²) in [4.78, 5) is 13.2. The second kappa shape index (κ2) is 5.32. The molecule has 7 heteroatoms. The normalized spacial score (nSPS) is 17.9. The van der Waals surface area contributed by atoms with Crippen molar-refractivity contribution in [2.75, 3.05) is 20.5 Å². The van der Waals surface area contributed by atoms with E-state index in [0.717, 1.165) is 5.39 Å². The molecule has 1 aromatic heterocycles. The highest BCUT2D eigenvalue weighted by Crippen LogP contribution is 2.51. The molecule has 0 saturated heterocycles. The van der Waals surface area contributed by atoms with Gasteiger partial charge in [0.25, 0.3) is 0 Å². The Labute approximate surface area is 147 Å². The van der Waals surface area contributed by atoms with E-state index in [1.807, 2.05) is 0 Å². The summed E-state index contributed by atoms with van der Waals surface area (Å²) < 4.78 is 27.1. The minimum atomic E-state index is -0.726. The Hall–Kier alpha value is -3.35. The summed E-state index contributed by atoms with van der Waals surface area (Å²) in [6.07, 6.45) is 1.56. The van der Waals surface area contributed by atoms with Crippen LogP contribution in [0.15, 0.2) is 34.9 Å². The van der Waals surface area contributed by atoms with Crippen LogP contribution >= 0.6 is 0 Å². The summed E-state index contributed by atoms with van der Waals surface area (Å²) in [6.45, 7) is 0.0769. The molecule has 0 amide bonds. The molecule has 0 radical (unpaired) electrons. The van der Waals surface area contributed by atoms with Gasteiger partial charge in [-0.25, -0.2) is 0 Å². The fraction of sp³-hybridized carbons (Fsp3) is 0.211. The first-order chi connectivity index (χ1) is 12.7. The van der Waals surface area contributed by atoms with E-state index in [0.29, 0.717) is 34.0 Å². The lowest BCUT2D eigenvalue weighted by molar-refractivity contribution is 0.0892. The molecule has 0 aliphatic carbocycles. The Balaban J connectivity index is 1.65. The molecule has 2 aromatic carbocycles. The smallest absolute Gasteiger partial charge is 0.231 e. The maximum Gasteiger partial charge on any atom is 0.231 e. The number of carbonyl (C=O) groups is 1. The van der Waals surface area contributed by atoms with Crippen LogP contribution in [0, 0.1) is 0 Å². The minimum absolute atomic E-state index is 0.00587. The SMILES string of the molecule is COc1cc2c(c(O)c1[C@H]1COc3cc4occc4cc3C1=O)OCO2. The first-order valence-corrected chi connectivity index (χ1v) is 8.05. The molecule has 5 rings (SSSR count). The first kappa shape index (κ1) is 14.9. The number of fused-ring (bicyclic) bond motifs is 3. The predicted molar refractivity (Wildman–Crippen MR) is 89.6 cm³/mol. The van der Waals surface area contributed by atoms with Crippen LogP contribution in [-0.2, 0) is 0 Å². The molecule has 26 heavy (non-hydrogen) atoms. The summed E-state index contributed by atoms with van der Waals surface area (Å²) in [5.74, 6) is 0.358. The molecule has 0 bridgehead atoms. The number of ether oxygens (including phenoxy) is 4. The zero-order valence-corrected chi connectivity index (χ0v) is 13.8. The van der Waals surface area contributed by atoms with Crippen LogP contribution in [0.5, 0.6) is 28.7 Å². The topological polar surface area (TPSA) is 87.4 Å². The van der Waals surface area contributed by atoms with Gasteiger partial charge in [0.1, 0.15) is 23.7 Å². The Morgan fingerprint density at radius 1 is 1.15 bits per heavy atom. The highest BCUT2D eigenvalue weighted by Gasteiger charge is 2.37. The van der Waals surface area contributed by atoms with Gasteiger partial charge in [0.05, 0.1) is 30.4 Å². The van der Waals surface area contributed by atoms with Crippen molar-refractivity contribution in [2.45, 2.75) is 5.92 Å². The lowest BCUT2D eigenvalue weighted by Gasteiger charge is -2.26. The van der Waals surface area contributed by atoms with E-state index >= 15 is 0 Å². The summed E-state index contributed by atoms with van der Waals surface area (Å²) in [7, 11) is 1.47. The van der Waals surface area contributed by atoms with E-state index in [9.17, 15) is 9.90 Å². The van der Waals surface area contributed by atoms with Gasteiger partial charge in [-0.15, -0.1) is 0 Å². The monoisotopic (exact) mass is 354 g/mol. The van der Waals surface area contributed by atoms with Crippen molar-refractivity contribution in [3.05, 3.63) is 41.7 Å². The molecule has 1 N–H and O–H groups in total. The van der Waals surface area contributed by atoms with Gasteiger partial charge in [-0.1, -0.05) is 0 Å². The van der Waals surface area contributed by atoms with Gasteiger partial charge in [0.2, 0.25) is 12.5 Å². The van der Waals surface area contributed by atoms with Gasteiger partial charge in [-0.2, -0.15) is 0 Å². The van der Waals surface area contributed by atoms with E-state index < -0.39 is 5.92 Å². The number of benzene rings is 2. The highest BCUT2D eigenvalue weighted by molar-refractivity contribution is 6.07. The van der Waals surface area contributed by atoms with Crippen LogP contribution in [0.25, 0.3) is 11.0 Å². The molecule has 2 aliphatic heterocycles. The first-order valence-electron chi connectivity index (χ1n) is 8.05. The zero-order chi connectivity index (χ0) is 17.8. The number of furan rings is 1. The Bertz CT molecular complexity index is 1050. The summed E-state index contributed by atoms with van der Waals surface area (Å²) in [5, 5.41) is 11.5. The van der Waals surface area contributed by atoms with Crippen LogP contribution < -0.4 is 18.9 Å². The van der Waals surface area contributed by atoms with E-state index in [1.165, 1.54) is 7.11 Å². The number of phenolic OH excluding ortho intramolecular Hbond substituents is 1. The molecular weight excluding hydrogens is 340 g/mol. The molecular formula is C19H14O7. The summed E-state index contributed by atoms with van der Waals surface area (Å²) in [5.41, 5.74) is 1.42. The summed E-state index contributed by atoms with van der Waals surface area (Å²) >= 11 is 0. The highest BCUT2D eigenvalue weighted by atomic mass is 16.7. The maximum absolute atomic E-state index is 13.2. The minimum Gasteiger partial charge on any atom is -0.504 e. The average molecular weight is 354 g/mol. The third-order valence-corrected chi connectivity index (χ3v) is 4.75.